The minimum absolute atomic E-state index is 0.880. The van der Waals surface area contributed by atoms with Crippen LogP contribution in [0.5, 0.6) is 0 Å². The maximum absolute atomic E-state index is 4.16. The molecule has 4 heteroatoms. The number of fused-ring (bicyclic) bond motifs is 2. The summed E-state index contributed by atoms with van der Waals surface area (Å²) in [6, 6.07) is 16.0. The summed E-state index contributed by atoms with van der Waals surface area (Å²) in [7, 11) is 0. The van der Waals surface area contributed by atoms with Gasteiger partial charge in [0.05, 0.1) is 23.4 Å². The molecule has 0 aliphatic heterocycles. The van der Waals surface area contributed by atoms with Gasteiger partial charge in [-0.1, -0.05) is 36.4 Å². The van der Waals surface area contributed by atoms with Gasteiger partial charge in [-0.3, -0.25) is 0 Å². The van der Waals surface area contributed by atoms with Gasteiger partial charge in [-0.05, 0) is 12.1 Å². The van der Waals surface area contributed by atoms with Crippen LogP contribution < -0.4 is 0 Å². The molecule has 0 saturated carbocycles. The molecule has 0 radical (unpaired) electrons. The quantitative estimate of drug-likeness (QED) is 0.526. The Kier molecular flexibility index (Phi) is 2.39. The Hall–Kier alpha value is -2.88. The summed E-state index contributed by atoms with van der Waals surface area (Å²) in [5, 5.41) is 18.7. The van der Waals surface area contributed by atoms with E-state index in [2.05, 4.69) is 32.5 Å². The monoisotopic (exact) mass is 258 g/mol. The highest BCUT2D eigenvalue weighted by Crippen LogP contribution is 2.30. The van der Waals surface area contributed by atoms with Gasteiger partial charge >= 0.3 is 0 Å². The zero-order chi connectivity index (χ0) is 13.4. The number of nitrogens with zero attached hydrogens (tertiary/aromatic N) is 4. The van der Waals surface area contributed by atoms with Crippen molar-refractivity contribution in [2.45, 2.75) is 0 Å². The lowest BCUT2D eigenvalue weighted by atomic mass is 10.0. The molecule has 2 aromatic heterocycles. The van der Waals surface area contributed by atoms with Gasteiger partial charge < -0.3 is 0 Å². The lowest BCUT2D eigenvalue weighted by molar-refractivity contribution is 1.06. The van der Waals surface area contributed by atoms with Crippen molar-refractivity contribution in [2.24, 2.45) is 0 Å². The first-order valence-corrected chi connectivity index (χ1v) is 6.35. The van der Waals surface area contributed by atoms with Crippen molar-refractivity contribution >= 4 is 21.8 Å². The standard InChI is InChI=1S/C16H10N4/c1-3-7-15-11(5-1)13(9-17-19-15)14-10-18-20-16-8-4-2-6-12(14)16/h1-10H. The highest BCUT2D eigenvalue weighted by atomic mass is 15.1. The molecule has 2 heterocycles. The molecule has 4 aromatic rings. The Bertz CT molecular complexity index is 830. The van der Waals surface area contributed by atoms with Gasteiger partial charge in [0.1, 0.15) is 0 Å². The van der Waals surface area contributed by atoms with Crippen LogP contribution in [0, 0.1) is 0 Å². The first-order chi connectivity index (χ1) is 9.93. The molecular weight excluding hydrogens is 248 g/mol. The SMILES string of the molecule is c1ccc2c(-c3cnnc4ccccc34)cnnc2c1. The van der Waals surface area contributed by atoms with Crippen LogP contribution in [0.1, 0.15) is 0 Å². The van der Waals surface area contributed by atoms with E-state index in [1.807, 2.05) is 36.4 Å². The fourth-order valence-electron chi connectivity index (χ4n) is 2.44. The molecule has 2 aromatic carbocycles. The zero-order valence-corrected chi connectivity index (χ0v) is 10.6. The van der Waals surface area contributed by atoms with Gasteiger partial charge in [-0.2, -0.15) is 20.4 Å². The van der Waals surface area contributed by atoms with Crippen molar-refractivity contribution in [3.05, 3.63) is 60.9 Å². The summed E-state index contributed by atoms with van der Waals surface area (Å²) in [6.07, 6.45) is 3.57. The predicted molar refractivity (Wildman–Crippen MR) is 78.1 cm³/mol. The van der Waals surface area contributed by atoms with Gasteiger partial charge in [0.15, 0.2) is 0 Å². The van der Waals surface area contributed by atoms with Gasteiger partial charge in [0, 0.05) is 21.9 Å². The third kappa shape index (κ3) is 1.62. The molecule has 20 heavy (non-hydrogen) atoms. The number of rotatable bonds is 1. The Balaban J connectivity index is 2.12. The van der Waals surface area contributed by atoms with E-state index >= 15 is 0 Å². The largest absolute Gasteiger partial charge is 0.158 e. The minimum atomic E-state index is 0.880. The zero-order valence-electron chi connectivity index (χ0n) is 10.6. The molecule has 4 rings (SSSR count). The van der Waals surface area contributed by atoms with Gasteiger partial charge in [-0.15, -0.1) is 0 Å². The average molecular weight is 258 g/mol. The van der Waals surface area contributed by atoms with Crippen molar-refractivity contribution in [1.82, 2.24) is 20.4 Å². The maximum atomic E-state index is 4.16. The van der Waals surface area contributed by atoms with Gasteiger partial charge in [0.2, 0.25) is 0 Å². The maximum Gasteiger partial charge on any atom is 0.0935 e. The first kappa shape index (κ1) is 11.0. The van der Waals surface area contributed by atoms with E-state index in [1.54, 1.807) is 12.4 Å². The molecule has 0 atom stereocenters. The van der Waals surface area contributed by atoms with E-state index in [0.717, 1.165) is 32.9 Å². The summed E-state index contributed by atoms with van der Waals surface area (Å²) in [4.78, 5) is 0. The van der Waals surface area contributed by atoms with Crippen LogP contribution in [-0.4, -0.2) is 20.4 Å². The van der Waals surface area contributed by atoms with Crippen LogP contribution in [-0.2, 0) is 0 Å². The summed E-state index contributed by atoms with van der Waals surface area (Å²) in [5.74, 6) is 0. The van der Waals surface area contributed by atoms with E-state index in [0.29, 0.717) is 0 Å². The molecule has 0 bridgehead atoms. The van der Waals surface area contributed by atoms with Crippen molar-refractivity contribution in [3.8, 4) is 11.1 Å². The van der Waals surface area contributed by atoms with Crippen molar-refractivity contribution in [3.63, 3.8) is 0 Å². The van der Waals surface area contributed by atoms with Gasteiger partial charge in [0.25, 0.3) is 0 Å². The topological polar surface area (TPSA) is 51.6 Å². The first-order valence-electron chi connectivity index (χ1n) is 6.35. The summed E-state index contributed by atoms with van der Waals surface area (Å²) in [6.45, 7) is 0. The highest BCUT2D eigenvalue weighted by Gasteiger charge is 2.09. The van der Waals surface area contributed by atoms with Crippen LogP contribution in [0.3, 0.4) is 0 Å². The molecule has 4 nitrogen and oxygen atoms in total. The third-order valence-corrected chi connectivity index (χ3v) is 3.38. The van der Waals surface area contributed by atoms with Crippen LogP contribution in [0.2, 0.25) is 0 Å². The van der Waals surface area contributed by atoms with E-state index in [4.69, 9.17) is 0 Å². The van der Waals surface area contributed by atoms with Crippen molar-refractivity contribution in [2.75, 3.05) is 0 Å². The van der Waals surface area contributed by atoms with Crippen LogP contribution >= 0.6 is 0 Å². The third-order valence-electron chi connectivity index (χ3n) is 3.38. The normalized spacial score (nSPS) is 11.0. The Morgan fingerprint density at radius 1 is 0.550 bits per heavy atom. The summed E-state index contributed by atoms with van der Waals surface area (Å²) >= 11 is 0. The van der Waals surface area contributed by atoms with Crippen molar-refractivity contribution in [1.29, 1.82) is 0 Å². The fourth-order valence-corrected chi connectivity index (χ4v) is 2.44. The van der Waals surface area contributed by atoms with E-state index < -0.39 is 0 Å². The van der Waals surface area contributed by atoms with Gasteiger partial charge in [-0.25, -0.2) is 0 Å². The van der Waals surface area contributed by atoms with Crippen LogP contribution in [0.15, 0.2) is 60.9 Å². The predicted octanol–water partition coefficient (Wildman–Crippen LogP) is 3.24. The minimum Gasteiger partial charge on any atom is -0.158 e. The molecule has 0 aliphatic rings. The second-order valence-electron chi connectivity index (χ2n) is 4.55. The molecule has 0 N–H and O–H groups in total. The Morgan fingerprint density at radius 3 is 1.50 bits per heavy atom. The Labute approximate surface area is 115 Å². The smallest absolute Gasteiger partial charge is 0.0935 e. The lowest BCUT2D eigenvalue weighted by Gasteiger charge is -2.07. The summed E-state index contributed by atoms with van der Waals surface area (Å²) in [5.41, 5.74) is 3.82. The molecule has 0 spiro atoms. The summed E-state index contributed by atoms with van der Waals surface area (Å²) < 4.78 is 0. The second-order valence-corrected chi connectivity index (χ2v) is 4.55. The van der Waals surface area contributed by atoms with E-state index in [-0.39, 0.29) is 0 Å². The highest BCUT2D eigenvalue weighted by molar-refractivity contribution is 6.02. The molecule has 0 unspecified atom stereocenters. The molecule has 0 amide bonds. The average Bonchev–Trinajstić information content (AvgIpc) is 2.54. The van der Waals surface area contributed by atoms with Crippen LogP contribution in [0.4, 0.5) is 0 Å². The molecule has 94 valence electrons. The van der Waals surface area contributed by atoms with E-state index in [1.165, 1.54) is 0 Å². The molecule has 0 fully saturated rings. The number of hydrogen-bond acceptors (Lipinski definition) is 4. The van der Waals surface area contributed by atoms with Crippen LogP contribution in [0.25, 0.3) is 32.9 Å². The molecule has 0 aliphatic carbocycles. The number of aromatic nitrogens is 4. The molecular formula is C16H10N4. The lowest BCUT2D eigenvalue weighted by Crippen LogP contribution is -1.91. The fraction of sp³-hybridized carbons (Fsp3) is 0. The molecule has 0 saturated heterocycles. The van der Waals surface area contributed by atoms with E-state index in [9.17, 15) is 0 Å². The Morgan fingerprint density at radius 2 is 1.00 bits per heavy atom. The number of hydrogen-bond donors (Lipinski definition) is 0. The number of benzene rings is 2. The second kappa shape index (κ2) is 4.35. The van der Waals surface area contributed by atoms with Crippen molar-refractivity contribution < 1.29 is 0 Å².